The topological polar surface area (TPSA) is 114 Å². The monoisotopic (exact) mass is 474 g/mol. The minimum atomic E-state index is -1.19. The molecule has 5 unspecified atom stereocenters. The molecule has 3 N–H and O–H groups in total. The van der Waals surface area contributed by atoms with Crippen LogP contribution >= 0.6 is 46.3 Å². The maximum Gasteiger partial charge on any atom is 0.145 e. The smallest absolute Gasteiger partial charge is 0.145 e. The predicted octanol–water partition coefficient (Wildman–Crippen LogP) is 2.48. The van der Waals surface area contributed by atoms with Crippen molar-refractivity contribution >= 4 is 46.3 Å². The molecule has 0 saturated carbocycles. The fourth-order valence-electron chi connectivity index (χ4n) is 3.08. The fourth-order valence-corrected chi connectivity index (χ4v) is 5.48. The van der Waals surface area contributed by atoms with Gasteiger partial charge in [-0.3, -0.25) is 0 Å². The summed E-state index contributed by atoms with van der Waals surface area (Å²) >= 11 is 14.7. The Morgan fingerprint density at radius 3 is 2.59 bits per heavy atom. The van der Waals surface area contributed by atoms with Gasteiger partial charge in [0, 0.05) is 26.5 Å². The van der Waals surface area contributed by atoms with E-state index in [1.807, 2.05) is 5.38 Å². The molecule has 1 aromatic carbocycles. The van der Waals surface area contributed by atoms with Crippen molar-refractivity contribution in [3.05, 3.63) is 46.0 Å². The lowest BCUT2D eigenvalue weighted by molar-refractivity contribution is -0.178. The molecule has 3 aromatic rings. The van der Waals surface area contributed by atoms with Crippen LogP contribution in [0.1, 0.15) is 6.04 Å². The number of aliphatic hydroxyl groups is 3. The summed E-state index contributed by atoms with van der Waals surface area (Å²) in [6.45, 7) is -0.425. The Bertz CT molecular complexity index is 954. The van der Waals surface area contributed by atoms with Crippen LogP contribution < -0.4 is 0 Å². The Kier molecular flexibility index (Phi) is 6.42. The minimum absolute atomic E-state index is 0.425. The Morgan fingerprint density at radius 2 is 1.93 bits per heavy atom. The molecule has 0 aliphatic carbocycles. The average molecular weight is 475 g/mol. The van der Waals surface area contributed by atoms with Gasteiger partial charge in [0.25, 0.3) is 0 Å². The second-order valence-electron chi connectivity index (χ2n) is 6.34. The molecule has 0 bridgehead atoms. The van der Waals surface area contributed by atoms with E-state index in [0.717, 1.165) is 0 Å². The molecule has 4 rings (SSSR count). The molecule has 1 aliphatic heterocycles. The van der Waals surface area contributed by atoms with Gasteiger partial charge >= 0.3 is 0 Å². The molecule has 3 heterocycles. The summed E-state index contributed by atoms with van der Waals surface area (Å²) in [7, 11) is 0. The molecule has 1 saturated heterocycles. The first-order chi connectivity index (χ1) is 14.0. The van der Waals surface area contributed by atoms with Gasteiger partial charge < -0.3 is 20.1 Å². The van der Waals surface area contributed by atoms with Crippen LogP contribution in [0, 0.1) is 0 Å². The standard InChI is InChI=1S/C17H16Cl2N4O4S2/c18-8-3-9(19)5-10(4-8)29-17-15(26)13(14(25)12(7-24)27-17)23-6-11(21-22-23)16-20-1-2-28-16/h1-6,12-15,17,24-26H,7H2. The van der Waals surface area contributed by atoms with Crippen molar-refractivity contribution in [3.8, 4) is 10.7 Å². The number of halogens is 2. The zero-order valence-corrected chi connectivity index (χ0v) is 17.8. The molecule has 0 radical (unpaired) electrons. The molecule has 12 heteroatoms. The molecule has 2 aromatic heterocycles. The summed E-state index contributed by atoms with van der Waals surface area (Å²) in [6.07, 6.45) is 0.000195. The van der Waals surface area contributed by atoms with Gasteiger partial charge in [-0.15, -0.1) is 16.4 Å². The fraction of sp³-hybridized carbons (Fsp3) is 0.353. The summed E-state index contributed by atoms with van der Waals surface area (Å²) in [4.78, 5) is 4.87. The van der Waals surface area contributed by atoms with Crippen molar-refractivity contribution < 1.29 is 20.1 Å². The first-order valence-electron chi connectivity index (χ1n) is 8.53. The first-order valence-corrected chi connectivity index (χ1v) is 11.0. The lowest BCUT2D eigenvalue weighted by Gasteiger charge is -2.41. The van der Waals surface area contributed by atoms with E-state index >= 15 is 0 Å². The highest BCUT2D eigenvalue weighted by atomic mass is 35.5. The third kappa shape index (κ3) is 4.44. The van der Waals surface area contributed by atoms with Crippen molar-refractivity contribution in [2.24, 2.45) is 0 Å². The van der Waals surface area contributed by atoms with Crippen LogP contribution in [0.3, 0.4) is 0 Å². The number of aromatic nitrogens is 4. The molecule has 8 nitrogen and oxygen atoms in total. The first kappa shape index (κ1) is 21.0. The van der Waals surface area contributed by atoms with Gasteiger partial charge in [-0.1, -0.05) is 40.2 Å². The lowest BCUT2D eigenvalue weighted by atomic mass is 9.97. The Labute approximate surface area is 184 Å². The number of rotatable bonds is 5. The third-order valence-corrected chi connectivity index (χ3v) is 6.77. The number of nitrogens with zero attached hydrogens (tertiary/aromatic N) is 4. The van der Waals surface area contributed by atoms with E-state index in [-0.39, 0.29) is 0 Å². The van der Waals surface area contributed by atoms with Crippen LogP contribution in [0.15, 0.2) is 40.9 Å². The van der Waals surface area contributed by atoms with Gasteiger partial charge in [-0.25, -0.2) is 9.67 Å². The summed E-state index contributed by atoms with van der Waals surface area (Å²) in [6, 6.07) is 4.11. The van der Waals surface area contributed by atoms with Crippen molar-refractivity contribution in [2.75, 3.05) is 6.61 Å². The Morgan fingerprint density at radius 1 is 1.17 bits per heavy atom. The lowest BCUT2D eigenvalue weighted by Crippen LogP contribution is -2.55. The maximum absolute atomic E-state index is 11.0. The molecule has 1 aliphatic rings. The normalized spacial score (nSPS) is 27.3. The largest absolute Gasteiger partial charge is 0.394 e. The van der Waals surface area contributed by atoms with Crippen LogP contribution in [-0.2, 0) is 4.74 Å². The summed E-state index contributed by atoms with van der Waals surface area (Å²) in [5.41, 5.74) is -0.278. The highest BCUT2D eigenvalue weighted by Crippen LogP contribution is 2.39. The van der Waals surface area contributed by atoms with Gasteiger partial charge in [0.05, 0.1) is 12.8 Å². The number of benzene rings is 1. The molecule has 29 heavy (non-hydrogen) atoms. The van der Waals surface area contributed by atoms with Crippen LogP contribution in [0.5, 0.6) is 0 Å². The molecule has 0 spiro atoms. The molecular formula is C17H16Cl2N4O4S2. The van der Waals surface area contributed by atoms with Crippen LogP contribution in [0.25, 0.3) is 10.7 Å². The Balaban J connectivity index is 1.62. The predicted molar refractivity (Wildman–Crippen MR) is 110 cm³/mol. The molecule has 1 fully saturated rings. The van der Waals surface area contributed by atoms with Crippen molar-refractivity contribution in [3.63, 3.8) is 0 Å². The quantitative estimate of drug-likeness (QED) is 0.516. The van der Waals surface area contributed by atoms with Gasteiger partial charge in [-0.2, -0.15) is 0 Å². The van der Waals surface area contributed by atoms with Crippen LogP contribution in [0.2, 0.25) is 10.0 Å². The van der Waals surface area contributed by atoms with E-state index < -0.39 is 36.4 Å². The van der Waals surface area contributed by atoms with E-state index in [4.69, 9.17) is 27.9 Å². The zero-order chi connectivity index (χ0) is 20.5. The van der Waals surface area contributed by atoms with Crippen molar-refractivity contribution in [1.29, 1.82) is 0 Å². The molecule has 0 amide bonds. The zero-order valence-electron chi connectivity index (χ0n) is 14.7. The molecular weight excluding hydrogens is 459 g/mol. The van der Waals surface area contributed by atoms with E-state index in [1.165, 1.54) is 27.8 Å². The van der Waals surface area contributed by atoms with Gasteiger partial charge in [0.15, 0.2) is 0 Å². The summed E-state index contributed by atoms with van der Waals surface area (Å²) < 4.78 is 7.11. The van der Waals surface area contributed by atoms with E-state index in [9.17, 15) is 15.3 Å². The van der Waals surface area contributed by atoms with Crippen molar-refractivity contribution in [2.45, 2.75) is 34.7 Å². The number of ether oxygens (including phenoxy) is 1. The average Bonchev–Trinajstić information content (AvgIpc) is 3.35. The summed E-state index contributed by atoms with van der Waals surface area (Å²) in [5, 5.41) is 42.8. The van der Waals surface area contributed by atoms with E-state index in [0.29, 0.717) is 25.6 Å². The van der Waals surface area contributed by atoms with Gasteiger partial charge in [0.1, 0.15) is 40.5 Å². The second-order valence-corrected chi connectivity index (χ2v) is 9.28. The second kappa shape index (κ2) is 8.86. The maximum atomic E-state index is 11.0. The van der Waals surface area contributed by atoms with E-state index in [2.05, 4.69) is 15.3 Å². The van der Waals surface area contributed by atoms with E-state index in [1.54, 1.807) is 30.6 Å². The number of thioether (sulfide) groups is 1. The number of aliphatic hydroxyl groups excluding tert-OH is 3. The van der Waals surface area contributed by atoms with Crippen LogP contribution in [-0.4, -0.2) is 65.7 Å². The molecule has 154 valence electrons. The molecule has 5 atom stereocenters. The highest BCUT2D eigenvalue weighted by Gasteiger charge is 2.46. The number of thiazole rings is 1. The number of hydrogen-bond acceptors (Lipinski definition) is 9. The highest BCUT2D eigenvalue weighted by molar-refractivity contribution is 7.99. The van der Waals surface area contributed by atoms with Gasteiger partial charge in [0.2, 0.25) is 0 Å². The minimum Gasteiger partial charge on any atom is -0.394 e. The number of hydrogen-bond donors (Lipinski definition) is 3. The van der Waals surface area contributed by atoms with Crippen LogP contribution in [0.4, 0.5) is 0 Å². The SMILES string of the molecule is OCC1OC(Sc2cc(Cl)cc(Cl)c2)C(O)C(n2cc(-c3nccs3)nn2)C1O. The van der Waals surface area contributed by atoms with Crippen molar-refractivity contribution in [1.82, 2.24) is 20.0 Å². The summed E-state index contributed by atoms with van der Waals surface area (Å²) in [5.74, 6) is 0. The van der Waals surface area contributed by atoms with Gasteiger partial charge in [-0.05, 0) is 18.2 Å². The third-order valence-electron chi connectivity index (χ3n) is 4.40. The Hall–Kier alpha value is -1.24.